The Morgan fingerprint density at radius 3 is 1.40 bits per heavy atom. The Morgan fingerprint density at radius 1 is 0.840 bits per heavy atom. The van der Waals surface area contributed by atoms with E-state index in [4.69, 9.17) is 24.4 Å². The van der Waals surface area contributed by atoms with E-state index in [-0.39, 0.29) is 65.5 Å². The Balaban J connectivity index is 0.00000288. The first-order valence-electron chi connectivity index (χ1n) is 7.92. The maximum Gasteiger partial charge on any atom is 1.00 e. The van der Waals surface area contributed by atoms with Gasteiger partial charge in [0.2, 0.25) is 0 Å². The van der Waals surface area contributed by atoms with Crippen molar-refractivity contribution >= 4 is 46.2 Å². The summed E-state index contributed by atoms with van der Waals surface area (Å²) in [6.45, 7) is 0. The summed E-state index contributed by atoms with van der Waals surface area (Å²) in [5.74, 6) is -0.410. The van der Waals surface area contributed by atoms with Gasteiger partial charge in [-0.3, -0.25) is 10.0 Å². The molecule has 128 valence electrons. The van der Waals surface area contributed by atoms with Gasteiger partial charge in [0.25, 0.3) is 0 Å². The molecule has 0 aromatic heterocycles. The molecule has 2 fully saturated rings. The van der Waals surface area contributed by atoms with E-state index in [0.29, 0.717) is 21.8 Å². The van der Waals surface area contributed by atoms with Crippen LogP contribution >= 0.6 is 24.4 Å². The molecule has 0 bridgehead atoms. The third-order valence-electron chi connectivity index (χ3n) is 4.37. The zero-order valence-electron chi connectivity index (χ0n) is 15.5. The number of thiocarbonyl (C=S) groups is 2. The Kier molecular flexibility index (Phi) is 12.6. The van der Waals surface area contributed by atoms with Crippen molar-refractivity contribution in [2.75, 3.05) is 14.1 Å². The van der Waals surface area contributed by atoms with E-state index in [2.05, 4.69) is 10.2 Å². The largest absolute Gasteiger partial charge is 1.00 e. The number of hydrazone groups is 2. The summed E-state index contributed by atoms with van der Waals surface area (Å²) in [5.41, 5.74) is 0. The second-order valence-electron chi connectivity index (χ2n) is 6.14. The van der Waals surface area contributed by atoms with Gasteiger partial charge >= 0.3 is 59.1 Å². The van der Waals surface area contributed by atoms with Gasteiger partial charge in [-0.05, 0) is 37.5 Å². The van der Waals surface area contributed by atoms with Crippen molar-refractivity contribution in [1.82, 2.24) is 10.0 Å². The normalized spacial score (nSPS) is 18.2. The first-order valence-corrected chi connectivity index (χ1v) is 8.74. The van der Waals surface area contributed by atoms with E-state index in [1.54, 1.807) is 14.1 Å². The van der Waals surface area contributed by atoms with E-state index in [1.807, 2.05) is 0 Å². The van der Waals surface area contributed by atoms with Crippen LogP contribution in [0.5, 0.6) is 0 Å². The molecule has 0 atom stereocenters. The van der Waals surface area contributed by atoms with Crippen LogP contribution in [0.15, 0.2) is 10.2 Å². The standard InChI is InChI=1S/C15H24N4O2S2.2Na/c1-18(14(22)10-5-3-6-10)16-12(20)9-13(21)17-19(2)15(23)11-7-4-8-11;;/h10-11H,3-9H2,1-2H3,(H,16,20)(H,17,21);;/q;2*+1/p-2. The quantitative estimate of drug-likeness (QED) is 0.146. The van der Waals surface area contributed by atoms with Crippen LogP contribution in [-0.2, 0) is 0 Å². The zero-order chi connectivity index (χ0) is 17.0. The summed E-state index contributed by atoms with van der Waals surface area (Å²) in [4.78, 5) is 1.33. The van der Waals surface area contributed by atoms with Crippen molar-refractivity contribution in [3.05, 3.63) is 0 Å². The molecular formula is C15H22N4Na2O2S2. The fourth-order valence-corrected chi connectivity index (χ4v) is 3.03. The summed E-state index contributed by atoms with van der Waals surface area (Å²) in [5, 5.41) is 34.2. The summed E-state index contributed by atoms with van der Waals surface area (Å²) in [7, 11) is 3.30. The molecular weight excluding hydrogens is 378 g/mol. The molecule has 2 saturated carbocycles. The predicted octanol–water partition coefficient (Wildman–Crippen LogP) is -5.15. The Bertz CT molecular complexity index is 492. The maximum absolute atomic E-state index is 11.8. The van der Waals surface area contributed by atoms with Crippen LogP contribution in [0.3, 0.4) is 0 Å². The molecule has 25 heavy (non-hydrogen) atoms. The van der Waals surface area contributed by atoms with Crippen molar-refractivity contribution < 1.29 is 69.3 Å². The average Bonchev–Trinajstić information content (AvgIpc) is 2.33. The van der Waals surface area contributed by atoms with Gasteiger partial charge in [-0.25, -0.2) is 0 Å². The van der Waals surface area contributed by atoms with E-state index < -0.39 is 11.8 Å². The van der Waals surface area contributed by atoms with Crippen molar-refractivity contribution in [3.63, 3.8) is 0 Å². The molecule has 2 aliphatic rings. The molecule has 0 N–H and O–H groups in total. The van der Waals surface area contributed by atoms with Crippen molar-refractivity contribution in [2.24, 2.45) is 22.0 Å². The molecule has 6 nitrogen and oxygen atoms in total. The summed E-state index contributed by atoms with van der Waals surface area (Å²) in [6, 6.07) is 0. The molecule has 0 saturated heterocycles. The summed E-state index contributed by atoms with van der Waals surface area (Å²) >= 11 is 10.6. The van der Waals surface area contributed by atoms with Crippen LogP contribution in [0, 0.1) is 11.8 Å². The van der Waals surface area contributed by atoms with Crippen LogP contribution < -0.4 is 69.3 Å². The molecule has 0 aromatic carbocycles. The summed E-state index contributed by atoms with van der Waals surface area (Å²) in [6.07, 6.45) is 6.15. The van der Waals surface area contributed by atoms with Gasteiger partial charge in [0.1, 0.15) is 9.98 Å². The maximum atomic E-state index is 11.8. The van der Waals surface area contributed by atoms with Gasteiger partial charge in [0.15, 0.2) is 0 Å². The Hall–Kier alpha value is 0.720. The monoisotopic (exact) mass is 400 g/mol. The Labute approximate surface area is 204 Å². The fourth-order valence-electron chi connectivity index (χ4n) is 2.47. The molecule has 2 aliphatic carbocycles. The number of hydrogen-bond acceptors (Lipinski definition) is 6. The average molecular weight is 400 g/mol. The van der Waals surface area contributed by atoms with Crippen molar-refractivity contribution in [1.29, 1.82) is 0 Å². The van der Waals surface area contributed by atoms with Crippen molar-refractivity contribution in [3.8, 4) is 0 Å². The molecule has 0 unspecified atom stereocenters. The van der Waals surface area contributed by atoms with Gasteiger partial charge in [-0.15, -0.1) is 0 Å². The molecule has 0 amide bonds. The molecule has 0 spiro atoms. The molecule has 0 aromatic rings. The minimum absolute atomic E-state index is 0. The van der Waals surface area contributed by atoms with E-state index in [0.717, 1.165) is 38.5 Å². The van der Waals surface area contributed by atoms with Crippen LogP contribution in [0.1, 0.15) is 44.9 Å². The van der Waals surface area contributed by atoms with Crippen molar-refractivity contribution in [2.45, 2.75) is 44.9 Å². The molecule has 0 aliphatic heterocycles. The summed E-state index contributed by atoms with van der Waals surface area (Å²) < 4.78 is 0. The molecule has 0 radical (unpaired) electrons. The second-order valence-corrected chi connectivity index (χ2v) is 6.98. The van der Waals surface area contributed by atoms with Crippen LogP contribution in [0.4, 0.5) is 0 Å². The van der Waals surface area contributed by atoms with Gasteiger partial charge in [-0.1, -0.05) is 37.3 Å². The fraction of sp³-hybridized carbons (Fsp3) is 0.733. The van der Waals surface area contributed by atoms with E-state index in [1.165, 1.54) is 10.0 Å². The first kappa shape index (κ1) is 25.7. The third-order valence-corrected chi connectivity index (χ3v) is 5.57. The zero-order valence-corrected chi connectivity index (χ0v) is 21.2. The topological polar surface area (TPSA) is 77.3 Å². The number of hydrogen-bond donors (Lipinski definition) is 0. The Morgan fingerprint density at radius 2 is 1.16 bits per heavy atom. The predicted molar refractivity (Wildman–Crippen MR) is 94.9 cm³/mol. The van der Waals surface area contributed by atoms with Crippen LogP contribution in [-0.4, -0.2) is 45.9 Å². The minimum Gasteiger partial charge on any atom is -0.860 e. The van der Waals surface area contributed by atoms with Gasteiger partial charge in [0, 0.05) is 32.4 Å². The van der Waals surface area contributed by atoms with Gasteiger partial charge < -0.3 is 10.2 Å². The molecule has 10 heteroatoms. The first-order chi connectivity index (χ1) is 10.9. The smallest absolute Gasteiger partial charge is 0.860 e. The minimum atomic E-state index is -0.536. The number of nitrogens with zero attached hydrogens (tertiary/aromatic N) is 4. The van der Waals surface area contributed by atoms with Crippen LogP contribution in [0.2, 0.25) is 0 Å². The van der Waals surface area contributed by atoms with Gasteiger partial charge in [0.05, 0.1) is 0 Å². The van der Waals surface area contributed by atoms with E-state index in [9.17, 15) is 10.2 Å². The third kappa shape index (κ3) is 7.70. The van der Waals surface area contributed by atoms with Gasteiger partial charge in [-0.2, -0.15) is 10.2 Å². The SMILES string of the molecule is CN(/N=C(\[O-])C/C([O-])=N/N(C)C(=S)C1CCC1)C(=S)C1CCC1.[Na+].[Na+]. The van der Waals surface area contributed by atoms with Crippen LogP contribution in [0.25, 0.3) is 0 Å². The number of rotatable bonds is 6. The molecule has 2 rings (SSSR count). The van der Waals surface area contributed by atoms with E-state index >= 15 is 0 Å². The second kappa shape index (κ2) is 12.2. The molecule has 0 heterocycles.